The number of carboxylic acid groups (broad SMARTS) is 1. The van der Waals surface area contributed by atoms with E-state index in [1.54, 1.807) is 24.3 Å². The van der Waals surface area contributed by atoms with Gasteiger partial charge in [0.05, 0.1) is 0 Å². The molecule has 0 fully saturated rings. The first-order valence-corrected chi connectivity index (χ1v) is 5.98. The third-order valence-corrected chi connectivity index (χ3v) is 2.77. The highest BCUT2D eigenvalue weighted by atomic mass is 79.9. The number of amides is 1. The van der Waals surface area contributed by atoms with Crippen LogP contribution in [0.4, 0.5) is 5.82 Å². The Morgan fingerprint density at radius 1 is 1.05 bits per heavy atom. The zero-order valence-corrected chi connectivity index (χ0v) is 12.1. The Kier molecular flexibility index (Phi) is 7.14. The van der Waals surface area contributed by atoms with Gasteiger partial charge in [-0.2, -0.15) is 0 Å². The van der Waals surface area contributed by atoms with Gasteiger partial charge in [-0.25, -0.2) is 14.8 Å². The van der Waals surface area contributed by atoms with Crippen molar-refractivity contribution >= 4 is 33.6 Å². The lowest BCUT2D eigenvalue weighted by Crippen LogP contribution is -2.16. The van der Waals surface area contributed by atoms with Crippen molar-refractivity contribution in [2.45, 2.75) is 0 Å². The van der Waals surface area contributed by atoms with E-state index in [4.69, 9.17) is 5.11 Å². The quantitative estimate of drug-likeness (QED) is 0.819. The second-order valence-electron chi connectivity index (χ2n) is 3.52. The summed E-state index contributed by atoms with van der Waals surface area (Å²) >= 11 is 3.26. The number of nitrogens with one attached hydrogen (secondary N) is 1. The molecule has 112 valence electrons. The van der Waals surface area contributed by atoms with Crippen LogP contribution >= 0.6 is 15.9 Å². The molecule has 6 N–H and O–H groups in total. The van der Waals surface area contributed by atoms with Crippen LogP contribution in [0.3, 0.4) is 0 Å². The average molecular weight is 358 g/mol. The van der Waals surface area contributed by atoms with Crippen molar-refractivity contribution in [1.82, 2.24) is 9.97 Å². The number of benzene rings is 1. The molecule has 21 heavy (non-hydrogen) atoms. The monoisotopic (exact) mass is 357 g/mol. The number of hydrogen-bond donors (Lipinski definition) is 2. The minimum atomic E-state index is -1.25. The highest BCUT2D eigenvalue weighted by molar-refractivity contribution is 9.10. The number of halogens is 1. The Hall–Kier alpha value is -2.36. The fraction of sp³-hybridized carbons (Fsp3) is 0. The first kappa shape index (κ1) is 18.6. The summed E-state index contributed by atoms with van der Waals surface area (Å²) < 4.78 is 0.842. The zero-order chi connectivity index (χ0) is 13.8. The van der Waals surface area contributed by atoms with Crippen LogP contribution < -0.4 is 5.32 Å². The molecule has 2 rings (SSSR count). The molecule has 1 aromatic carbocycles. The number of rotatable bonds is 3. The van der Waals surface area contributed by atoms with Gasteiger partial charge in [0.1, 0.15) is 0 Å². The molecular formula is C12H12BrN3O5. The lowest BCUT2D eigenvalue weighted by Gasteiger charge is -2.06. The zero-order valence-electron chi connectivity index (χ0n) is 10.5. The van der Waals surface area contributed by atoms with Crippen molar-refractivity contribution in [2.24, 2.45) is 0 Å². The maximum absolute atomic E-state index is 11.9. The maximum Gasteiger partial charge on any atom is 0.358 e. The van der Waals surface area contributed by atoms with E-state index in [2.05, 4.69) is 31.2 Å². The maximum atomic E-state index is 11.9. The summed E-state index contributed by atoms with van der Waals surface area (Å²) in [5.74, 6) is -1.78. The summed E-state index contributed by atoms with van der Waals surface area (Å²) in [5.41, 5.74) is 0.0955. The van der Waals surface area contributed by atoms with Crippen molar-refractivity contribution in [3.8, 4) is 0 Å². The predicted octanol–water partition coefficient (Wildman–Crippen LogP) is 0.540. The molecule has 0 radical (unpaired) electrons. The molecule has 8 nitrogen and oxygen atoms in total. The molecule has 0 aliphatic heterocycles. The topological polar surface area (TPSA) is 155 Å². The Morgan fingerprint density at radius 2 is 1.62 bits per heavy atom. The molecule has 1 heterocycles. The first-order valence-electron chi connectivity index (χ1n) is 5.19. The smallest absolute Gasteiger partial charge is 0.358 e. The van der Waals surface area contributed by atoms with E-state index < -0.39 is 11.9 Å². The van der Waals surface area contributed by atoms with Crippen LogP contribution in [0.5, 0.6) is 0 Å². The number of anilines is 1. The highest BCUT2D eigenvalue weighted by Gasteiger charge is 2.15. The lowest BCUT2D eigenvalue weighted by atomic mass is 10.2. The summed E-state index contributed by atoms with van der Waals surface area (Å²) in [4.78, 5) is 30.3. The van der Waals surface area contributed by atoms with Gasteiger partial charge in [-0.15, -0.1) is 0 Å². The van der Waals surface area contributed by atoms with Crippen LogP contribution in [0.1, 0.15) is 20.8 Å². The molecule has 0 saturated heterocycles. The van der Waals surface area contributed by atoms with E-state index in [1.165, 1.54) is 12.4 Å². The highest BCUT2D eigenvalue weighted by Crippen LogP contribution is 2.13. The van der Waals surface area contributed by atoms with Gasteiger partial charge in [0, 0.05) is 22.4 Å². The Labute approximate surface area is 127 Å². The second-order valence-corrected chi connectivity index (χ2v) is 4.44. The van der Waals surface area contributed by atoms with Crippen molar-refractivity contribution in [1.29, 1.82) is 0 Å². The second kappa shape index (κ2) is 8.04. The molecule has 0 aliphatic carbocycles. The Balaban J connectivity index is 0.00000200. The van der Waals surface area contributed by atoms with Crippen LogP contribution in [-0.2, 0) is 0 Å². The van der Waals surface area contributed by atoms with Crippen LogP contribution in [0.15, 0.2) is 41.1 Å². The van der Waals surface area contributed by atoms with Crippen LogP contribution in [-0.4, -0.2) is 37.9 Å². The van der Waals surface area contributed by atoms with Gasteiger partial charge in [-0.3, -0.25) is 4.79 Å². The third-order valence-electron chi connectivity index (χ3n) is 2.24. The summed E-state index contributed by atoms with van der Waals surface area (Å²) in [6, 6.07) is 6.64. The molecule has 0 spiro atoms. The lowest BCUT2D eigenvalue weighted by molar-refractivity contribution is 0.0691. The fourth-order valence-electron chi connectivity index (χ4n) is 1.37. The van der Waals surface area contributed by atoms with Gasteiger partial charge in [0.2, 0.25) is 0 Å². The number of nitrogens with zero attached hydrogens (tertiary/aromatic N) is 2. The molecular weight excluding hydrogens is 346 g/mol. The summed E-state index contributed by atoms with van der Waals surface area (Å²) in [6.45, 7) is 0. The van der Waals surface area contributed by atoms with Crippen molar-refractivity contribution in [3.63, 3.8) is 0 Å². The van der Waals surface area contributed by atoms with Gasteiger partial charge >= 0.3 is 5.97 Å². The molecule has 2 aromatic rings. The first-order chi connectivity index (χ1) is 9.08. The van der Waals surface area contributed by atoms with Crippen LogP contribution in [0.2, 0.25) is 0 Å². The minimum absolute atomic E-state index is 0. The number of aromatic carboxylic acids is 1. The van der Waals surface area contributed by atoms with Crippen LogP contribution in [0.25, 0.3) is 0 Å². The van der Waals surface area contributed by atoms with Gasteiger partial charge in [0.15, 0.2) is 11.5 Å². The Bertz CT molecular complexity index is 633. The summed E-state index contributed by atoms with van der Waals surface area (Å²) in [5, 5.41) is 11.3. The Morgan fingerprint density at radius 3 is 2.19 bits per heavy atom. The molecule has 0 aliphatic rings. The number of carboxylic acids is 1. The van der Waals surface area contributed by atoms with Gasteiger partial charge in [-0.1, -0.05) is 15.9 Å². The van der Waals surface area contributed by atoms with E-state index >= 15 is 0 Å². The number of carbonyl (C=O) groups excluding carboxylic acids is 1. The SMILES string of the molecule is O.O.O=C(Nc1nccnc1C(=O)O)c1ccc(Br)cc1. The number of hydrogen-bond acceptors (Lipinski definition) is 4. The number of aromatic nitrogens is 2. The third kappa shape index (κ3) is 4.60. The van der Waals surface area contributed by atoms with Gasteiger partial charge in [0.25, 0.3) is 5.91 Å². The predicted molar refractivity (Wildman–Crippen MR) is 78.3 cm³/mol. The molecule has 0 unspecified atom stereocenters. The summed E-state index contributed by atoms with van der Waals surface area (Å²) in [7, 11) is 0. The van der Waals surface area contributed by atoms with E-state index in [9.17, 15) is 9.59 Å². The molecule has 1 aromatic heterocycles. The van der Waals surface area contributed by atoms with Crippen molar-refractivity contribution in [2.75, 3.05) is 5.32 Å². The van der Waals surface area contributed by atoms with E-state index in [1.807, 2.05) is 0 Å². The van der Waals surface area contributed by atoms with E-state index in [0.717, 1.165) is 4.47 Å². The molecule has 0 saturated carbocycles. The minimum Gasteiger partial charge on any atom is -0.476 e. The van der Waals surface area contributed by atoms with Gasteiger partial charge in [-0.05, 0) is 24.3 Å². The molecule has 9 heteroatoms. The largest absolute Gasteiger partial charge is 0.476 e. The van der Waals surface area contributed by atoms with E-state index in [-0.39, 0.29) is 22.5 Å². The fourth-order valence-corrected chi connectivity index (χ4v) is 1.63. The number of carbonyl (C=O) groups is 2. The normalized spacial score (nSPS) is 9.00. The summed E-state index contributed by atoms with van der Waals surface area (Å²) in [6.07, 6.45) is 2.56. The van der Waals surface area contributed by atoms with E-state index in [0.29, 0.717) is 5.56 Å². The average Bonchev–Trinajstić information content (AvgIpc) is 2.39. The molecule has 1 amide bonds. The standard InChI is InChI=1S/C12H8BrN3O3.2H2O/c13-8-3-1-7(2-4-8)11(17)16-10-9(12(18)19)14-5-6-15-10;;/h1-6H,(H,18,19)(H,15,16,17);2*1H2. The van der Waals surface area contributed by atoms with Gasteiger partial charge < -0.3 is 21.4 Å². The van der Waals surface area contributed by atoms with Crippen LogP contribution in [0, 0.1) is 0 Å². The molecule has 0 atom stereocenters. The molecule has 0 bridgehead atoms. The van der Waals surface area contributed by atoms with Crippen molar-refractivity contribution < 1.29 is 25.6 Å². The van der Waals surface area contributed by atoms with Crippen molar-refractivity contribution in [3.05, 3.63) is 52.4 Å².